The minimum absolute atomic E-state index is 0.157. The molecule has 0 saturated carbocycles. The molecular formula is C29H24Br2N2O2. The van der Waals surface area contributed by atoms with Gasteiger partial charge >= 0.3 is 0 Å². The van der Waals surface area contributed by atoms with Crippen molar-refractivity contribution in [2.75, 3.05) is 10.6 Å². The molecule has 0 fully saturated rings. The normalized spacial score (nSPS) is 11.1. The van der Waals surface area contributed by atoms with Crippen LogP contribution in [0.4, 0.5) is 11.4 Å². The van der Waals surface area contributed by atoms with Crippen molar-refractivity contribution in [3.05, 3.63) is 128 Å². The Kier molecular flexibility index (Phi) is 7.53. The molecule has 176 valence electrons. The van der Waals surface area contributed by atoms with Crippen LogP contribution >= 0.6 is 31.9 Å². The van der Waals surface area contributed by atoms with Gasteiger partial charge in [-0.05, 0) is 91.5 Å². The lowest BCUT2D eigenvalue weighted by atomic mass is 9.78. The Balaban J connectivity index is 1.53. The highest BCUT2D eigenvalue weighted by Crippen LogP contribution is 2.38. The number of halogens is 2. The molecule has 35 heavy (non-hydrogen) atoms. The standard InChI is InChI=1S/C29H24Br2N2O2/c1-29(2,21-13-15-25(23(30)17-21)32-27(34)19-9-5-3-6-10-19)22-14-16-26(24(31)18-22)33-28(35)20-11-7-4-8-12-20/h3-18H,1-2H3,(H,32,34)(H,33,35). The third-order valence-corrected chi connectivity index (χ3v) is 7.26. The first-order valence-electron chi connectivity index (χ1n) is 11.1. The number of hydrogen-bond donors (Lipinski definition) is 2. The number of carbonyl (C=O) groups excluding carboxylic acids is 2. The van der Waals surface area contributed by atoms with Gasteiger partial charge in [-0.15, -0.1) is 0 Å². The summed E-state index contributed by atoms with van der Waals surface area (Å²) in [5.74, 6) is -0.314. The van der Waals surface area contributed by atoms with E-state index in [1.165, 1.54) is 0 Å². The van der Waals surface area contributed by atoms with Crippen molar-refractivity contribution in [1.82, 2.24) is 0 Å². The lowest BCUT2D eigenvalue weighted by molar-refractivity contribution is 0.101. The van der Waals surface area contributed by atoms with Crippen molar-refractivity contribution >= 4 is 55.0 Å². The second-order valence-corrected chi connectivity index (χ2v) is 10.4. The van der Waals surface area contributed by atoms with E-state index in [0.29, 0.717) is 22.5 Å². The fourth-order valence-corrected chi connectivity index (χ4v) is 4.70. The van der Waals surface area contributed by atoms with Crippen LogP contribution in [0.3, 0.4) is 0 Å². The molecule has 0 atom stereocenters. The van der Waals surface area contributed by atoms with Gasteiger partial charge in [0.25, 0.3) is 11.8 Å². The molecule has 0 aliphatic rings. The predicted molar refractivity (Wildman–Crippen MR) is 149 cm³/mol. The van der Waals surface area contributed by atoms with Gasteiger partial charge in [-0.3, -0.25) is 9.59 Å². The summed E-state index contributed by atoms with van der Waals surface area (Å²) in [4.78, 5) is 25.1. The summed E-state index contributed by atoms with van der Waals surface area (Å²) in [6, 6.07) is 30.2. The van der Waals surface area contributed by atoms with E-state index in [1.54, 1.807) is 24.3 Å². The first-order chi connectivity index (χ1) is 16.8. The highest BCUT2D eigenvalue weighted by atomic mass is 79.9. The number of anilines is 2. The van der Waals surface area contributed by atoms with Gasteiger partial charge in [0.1, 0.15) is 0 Å². The highest BCUT2D eigenvalue weighted by molar-refractivity contribution is 9.11. The van der Waals surface area contributed by atoms with Crippen LogP contribution in [0.15, 0.2) is 106 Å². The summed E-state index contributed by atoms with van der Waals surface area (Å²) in [6.45, 7) is 4.28. The van der Waals surface area contributed by atoms with Gasteiger partial charge in [0.15, 0.2) is 0 Å². The van der Waals surface area contributed by atoms with Crippen LogP contribution in [-0.2, 0) is 5.41 Å². The number of benzene rings is 4. The van der Waals surface area contributed by atoms with Crippen molar-refractivity contribution < 1.29 is 9.59 Å². The molecule has 0 aliphatic heterocycles. The predicted octanol–water partition coefficient (Wildman–Crippen LogP) is 8.04. The zero-order valence-electron chi connectivity index (χ0n) is 19.3. The third kappa shape index (κ3) is 5.72. The van der Waals surface area contributed by atoms with Crippen LogP contribution in [0.1, 0.15) is 45.7 Å². The molecule has 0 aromatic heterocycles. The molecule has 4 aromatic rings. The van der Waals surface area contributed by atoms with Gasteiger partial charge in [0, 0.05) is 25.5 Å². The van der Waals surface area contributed by atoms with Gasteiger partial charge in [-0.2, -0.15) is 0 Å². The minimum atomic E-state index is -0.324. The van der Waals surface area contributed by atoms with E-state index in [9.17, 15) is 9.59 Å². The van der Waals surface area contributed by atoms with E-state index in [4.69, 9.17) is 0 Å². The Labute approximate surface area is 222 Å². The SMILES string of the molecule is CC(C)(c1ccc(NC(=O)c2ccccc2)c(Br)c1)c1ccc(NC(=O)c2ccccc2)c(Br)c1. The van der Waals surface area contributed by atoms with Crippen LogP contribution in [0, 0.1) is 0 Å². The van der Waals surface area contributed by atoms with Crippen molar-refractivity contribution in [2.24, 2.45) is 0 Å². The maximum absolute atomic E-state index is 12.5. The van der Waals surface area contributed by atoms with Gasteiger partial charge in [-0.1, -0.05) is 62.4 Å². The van der Waals surface area contributed by atoms with Crippen LogP contribution in [0.2, 0.25) is 0 Å². The molecule has 0 heterocycles. The fourth-order valence-electron chi connectivity index (χ4n) is 3.75. The van der Waals surface area contributed by atoms with Gasteiger partial charge in [0.2, 0.25) is 0 Å². The first-order valence-corrected chi connectivity index (χ1v) is 12.7. The fraction of sp³-hybridized carbons (Fsp3) is 0.103. The Morgan fingerprint density at radius 1 is 0.600 bits per heavy atom. The average molecular weight is 592 g/mol. The summed E-state index contributed by atoms with van der Waals surface area (Å²) < 4.78 is 1.61. The molecular weight excluding hydrogens is 568 g/mol. The quantitative estimate of drug-likeness (QED) is 0.238. The molecule has 6 heteroatoms. The van der Waals surface area contributed by atoms with Crippen molar-refractivity contribution in [3.63, 3.8) is 0 Å². The van der Waals surface area contributed by atoms with Crippen molar-refractivity contribution in [1.29, 1.82) is 0 Å². The van der Waals surface area contributed by atoms with E-state index in [-0.39, 0.29) is 17.2 Å². The Hall–Kier alpha value is -3.22. The lowest BCUT2D eigenvalue weighted by Crippen LogP contribution is -2.20. The largest absolute Gasteiger partial charge is 0.321 e. The maximum atomic E-state index is 12.5. The molecule has 0 radical (unpaired) electrons. The third-order valence-electron chi connectivity index (χ3n) is 5.95. The molecule has 4 aromatic carbocycles. The van der Waals surface area contributed by atoms with E-state index >= 15 is 0 Å². The zero-order chi connectivity index (χ0) is 25.0. The van der Waals surface area contributed by atoms with E-state index in [0.717, 1.165) is 20.1 Å². The molecule has 0 bridgehead atoms. The molecule has 0 spiro atoms. The Bertz CT molecular complexity index is 1270. The monoisotopic (exact) mass is 590 g/mol. The van der Waals surface area contributed by atoms with Crippen molar-refractivity contribution in [2.45, 2.75) is 19.3 Å². The van der Waals surface area contributed by atoms with Crippen LogP contribution < -0.4 is 10.6 Å². The second-order valence-electron chi connectivity index (χ2n) is 8.65. The number of rotatable bonds is 6. The number of amides is 2. The molecule has 4 rings (SSSR count). The first kappa shape index (κ1) is 24.9. The molecule has 4 nitrogen and oxygen atoms in total. The van der Waals surface area contributed by atoms with Crippen molar-refractivity contribution in [3.8, 4) is 0 Å². The smallest absolute Gasteiger partial charge is 0.255 e. The molecule has 0 saturated heterocycles. The van der Waals surface area contributed by atoms with E-state index in [1.807, 2.05) is 72.8 Å². The van der Waals surface area contributed by atoms with E-state index in [2.05, 4.69) is 56.3 Å². The van der Waals surface area contributed by atoms with Crippen LogP contribution in [0.25, 0.3) is 0 Å². The topological polar surface area (TPSA) is 58.2 Å². The summed E-state index contributed by atoms with van der Waals surface area (Å²) in [5.41, 5.74) is 4.46. The molecule has 2 N–H and O–H groups in total. The number of hydrogen-bond acceptors (Lipinski definition) is 2. The summed E-state index contributed by atoms with van der Waals surface area (Å²) in [7, 11) is 0. The van der Waals surface area contributed by atoms with E-state index < -0.39 is 0 Å². The lowest BCUT2D eigenvalue weighted by Gasteiger charge is -2.27. The Morgan fingerprint density at radius 3 is 1.31 bits per heavy atom. The molecule has 2 amide bonds. The summed E-state index contributed by atoms with van der Waals surface area (Å²) in [5, 5.41) is 5.92. The highest BCUT2D eigenvalue weighted by Gasteiger charge is 2.25. The zero-order valence-corrected chi connectivity index (χ0v) is 22.5. The average Bonchev–Trinajstić information content (AvgIpc) is 2.87. The second kappa shape index (κ2) is 10.6. The number of carbonyl (C=O) groups is 2. The summed E-state index contributed by atoms with van der Waals surface area (Å²) >= 11 is 7.23. The van der Waals surface area contributed by atoms with Crippen LogP contribution in [0.5, 0.6) is 0 Å². The number of nitrogens with one attached hydrogen (secondary N) is 2. The minimum Gasteiger partial charge on any atom is -0.321 e. The summed E-state index contributed by atoms with van der Waals surface area (Å²) in [6.07, 6.45) is 0. The molecule has 0 aliphatic carbocycles. The van der Waals surface area contributed by atoms with Gasteiger partial charge in [-0.25, -0.2) is 0 Å². The van der Waals surface area contributed by atoms with Crippen LogP contribution in [-0.4, -0.2) is 11.8 Å². The maximum Gasteiger partial charge on any atom is 0.255 e. The molecule has 0 unspecified atom stereocenters. The van der Waals surface area contributed by atoms with Gasteiger partial charge < -0.3 is 10.6 Å². The van der Waals surface area contributed by atoms with Gasteiger partial charge in [0.05, 0.1) is 11.4 Å². The Morgan fingerprint density at radius 2 is 0.971 bits per heavy atom.